The Balaban J connectivity index is 1.86. The van der Waals surface area contributed by atoms with Crippen molar-refractivity contribution in [2.45, 2.75) is 43.0 Å². The average Bonchev–Trinajstić information content (AvgIpc) is 2.76. The third-order valence-corrected chi connectivity index (χ3v) is 5.99. The lowest BCUT2D eigenvalue weighted by Gasteiger charge is -2.31. The summed E-state index contributed by atoms with van der Waals surface area (Å²) in [5, 5.41) is 2.59. The van der Waals surface area contributed by atoms with Gasteiger partial charge in [0, 0.05) is 31.6 Å². The number of hydrogen-bond donors (Lipinski definition) is 1. The molecule has 2 amide bonds. The van der Waals surface area contributed by atoms with Gasteiger partial charge in [0.25, 0.3) is 5.91 Å². The van der Waals surface area contributed by atoms with Gasteiger partial charge in [-0.1, -0.05) is 31.4 Å². The van der Waals surface area contributed by atoms with Crippen molar-refractivity contribution < 1.29 is 23.9 Å². The minimum atomic E-state index is -0.580. The van der Waals surface area contributed by atoms with E-state index in [1.165, 1.54) is 31.0 Å². The lowest BCUT2D eigenvalue weighted by atomic mass is 9.94. The molecule has 0 saturated heterocycles. The molecular formula is C21H30N2O5S. The summed E-state index contributed by atoms with van der Waals surface area (Å²) in [7, 11) is 3.40. The molecule has 0 heterocycles. The predicted octanol–water partition coefficient (Wildman–Crippen LogP) is 2.49. The first-order valence-corrected chi connectivity index (χ1v) is 10.9. The Morgan fingerprint density at radius 1 is 1.17 bits per heavy atom. The first-order valence-electron chi connectivity index (χ1n) is 9.93. The molecule has 0 radical (unpaired) electrons. The first-order chi connectivity index (χ1) is 14.0. The van der Waals surface area contributed by atoms with Gasteiger partial charge in [-0.25, -0.2) is 4.79 Å². The molecule has 0 bridgehead atoms. The van der Waals surface area contributed by atoms with Gasteiger partial charge in [-0.05, 0) is 25.0 Å². The summed E-state index contributed by atoms with van der Waals surface area (Å²) in [5.41, 5.74) is 0.357. The second-order valence-electron chi connectivity index (χ2n) is 7.00. The predicted molar refractivity (Wildman–Crippen MR) is 112 cm³/mol. The van der Waals surface area contributed by atoms with Crippen LogP contribution in [0.2, 0.25) is 0 Å². The maximum absolute atomic E-state index is 12.6. The van der Waals surface area contributed by atoms with E-state index in [0.717, 1.165) is 12.8 Å². The maximum Gasteiger partial charge on any atom is 0.339 e. The highest BCUT2D eigenvalue weighted by atomic mass is 32.2. The molecular weight excluding hydrogens is 392 g/mol. The normalized spacial score (nSPS) is 14.3. The van der Waals surface area contributed by atoms with E-state index >= 15 is 0 Å². The van der Waals surface area contributed by atoms with Crippen LogP contribution in [0.15, 0.2) is 29.2 Å². The molecule has 1 saturated carbocycles. The molecule has 2 rings (SSSR count). The molecule has 0 unspecified atom stereocenters. The van der Waals surface area contributed by atoms with E-state index in [2.05, 4.69) is 5.32 Å². The Hall–Kier alpha value is -2.06. The largest absolute Gasteiger partial charge is 0.452 e. The van der Waals surface area contributed by atoms with Crippen molar-refractivity contribution in [3.8, 4) is 0 Å². The molecule has 0 spiro atoms. The number of carbonyl (C=O) groups is 3. The monoisotopic (exact) mass is 422 g/mol. The molecule has 29 heavy (non-hydrogen) atoms. The molecule has 1 aliphatic carbocycles. The third kappa shape index (κ3) is 7.70. The summed E-state index contributed by atoms with van der Waals surface area (Å²) in [6.07, 6.45) is 5.70. The van der Waals surface area contributed by atoms with Gasteiger partial charge in [-0.2, -0.15) is 0 Å². The highest BCUT2D eigenvalue weighted by Gasteiger charge is 2.22. The summed E-state index contributed by atoms with van der Waals surface area (Å²) in [6, 6.07) is 7.28. The van der Waals surface area contributed by atoms with Crippen LogP contribution in [-0.4, -0.2) is 68.4 Å². The minimum Gasteiger partial charge on any atom is -0.452 e. The lowest BCUT2D eigenvalue weighted by Crippen LogP contribution is -2.39. The average molecular weight is 423 g/mol. The van der Waals surface area contributed by atoms with Crippen LogP contribution in [-0.2, 0) is 19.1 Å². The van der Waals surface area contributed by atoms with Crippen LogP contribution < -0.4 is 5.32 Å². The van der Waals surface area contributed by atoms with Crippen molar-refractivity contribution in [2.75, 3.05) is 39.7 Å². The van der Waals surface area contributed by atoms with Gasteiger partial charge >= 0.3 is 5.97 Å². The number of nitrogens with one attached hydrogen (secondary N) is 1. The zero-order valence-corrected chi connectivity index (χ0v) is 18.0. The molecule has 0 aromatic heterocycles. The summed E-state index contributed by atoms with van der Waals surface area (Å²) in [6.45, 7) is 0.392. The second-order valence-corrected chi connectivity index (χ2v) is 8.02. The molecule has 160 valence electrons. The van der Waals surface area contributed by atoms with E-state index in [9.17, 15) is 14.4 Å². The Morgan fingerprint density at radius 3 is 2.62 bits per heavy atom. The summed E-state index contributed by atoms with van der Waals surface area (Å²) >= 11 is 1.32. The van der Waals surface area contributed by atoms with Crippen molar-refractivity contribution in [3.05, 3.63) is 29.8 Å². The molecule has 0 atom stereocenters. The van der Waals surface area contributed by atoms with E-state index in [4.69, 9.17) is 9.47 Å². The SMILES string of the molecule is COCCNC(=O)COC(=O)c1ccccc1SCC(=O)N(C)C1CCCCC1. The Bertz CT molecular complexity index is 691. The Morgan fingerprint density at radius 2 is 1.90 bits per heavy atom. The molecule has 1 N–H and O–H groups in total. The fourth-order valence-electron chi connectivity index (χ4n) is 3.23. The molecule has 0 aliphatic heterocycles. The number of hydrogen-bond acceptors (Lipinski definition) is 6. The van der Waals surface area contributed by atoms with Gasteiger partial charge < -0.3 is 19.7 Å². The van der Waals surface area contributed by atoms with Gasteiger partial charge in [0.2, 0.25) is 5.91 Å². The van der Waals surface area contributed by atoms with Crippen molar-refractivity contribution >= 4 is 29.5 Å². The maximum atomic E-state index is 12.6. The molecule has 1 aromatic carbocycles. The van der Waals surface area contributed by atoms with Gasteiger partial charge in [0.05, 0.1) is 17.9 Å². The van der Waals surface area contributed by atoms with Crippen LogP contribution in [0.25, 0.3) is 0 Å². The number of thioether (sulfide) groups is 1. The number of ether oxygens (including phenoxy) is 2. The van der Waals surface area contributed by atoms with Crippen LogP contribution in [0.3, 0.4) is 0 Å². The second kappa shape index (κ2) is 12.5. The standard InChI is InChI=1S/C21H30N2O5S/c1-23(16-8-4-3-5-9-16)20(25)15-29-18-11-7-6-10-17(18)21(26)28-14-19(24)22-12-13-27-2/h6-7,10-11,16H,3-5,8-9,12-15H2,1-2H3,(H,22,24). The van der Waals surface area contributed by atoms with Crippen LogP contribution in [0.5, 0.6) is 0 Å². The minimum absolute atomic E-state index is 0.0580. The van der Waals surface area contributed by atoms with Crippen LogP contribution in [0.1, 0.15) is 42.5 Å². The van der Waals surface area contributed by atoms with Crippen LogP contribution in [0, 0.1) is 0 Å². The van der Waals surface area contributed by atoms with Gasteiger partial charge in [-0.3, -0.25) is 9.59 Å². The molecule has 1 fully saturated rings. The number of methoxy groups -OCH3 is 1. The quantitative estimate of drug-likeness (QED) is 0.354. The van der Waals surface area contributed by atoms with E-state index < -0.39 is 5.97 Å². The molecule has 8 heteroatoms. The Labute approximate surface area is 176 Å². The van der Waals surface area contributed by atoms with E-state index in [-0.39, 0.29) is 24.2 Å². The number of benzene rings is 1. The van der Waals surface area contributed by atoms with Crippen molar-refractivity contribution in [1.82, 2.24) is 10.2 Å². The zero-order chi connectivity index (χ0) is 21.1. The highest BCUT2D eigenvalue weighted by molar-refractivity contribution is 8.00. The fourth-order valence-corrected chi connectivity index (χ4v) is 4.19. The van der Waals surface area contributed by atoms with E-state index in [0.29, 0.717) is 29.7 Å². The van der Waals surface area contributed by atoms with E-state index in [1.54, 1.807) is 25.3 Å². The molecule has 1 aromatic rings. The first kappa shape index (κ1) is 23.2. The Kier molecular flexibility index (Phi) is 10.0. The van der Waals surface area contributed by atoms with Gasteiger partial charge in [0.1, 0.15) is 0 Å². The van der Waals surface area contributed by atoms with Crippen LogP contribution in [0.4, 0.5) is 0 Å². The lowest BCUT2D eigenvalue weighted by molar-refractivity contribution is -0.129. The third-order valence-electron chi connectivity index (χ3n) is 4.94. The number of nitrogens with zero attached hydrogens (tertiary/aromatic N) is 1. The number of esters is 1. The van der Waals surface area contributed by atoms with Crippen molar-refractivity contribution in [3.63, 3.8) is 0 Å². The number of carbonyl (C=O) groups excluding carboxylic acids is 3. The topological polar surface area (TPSA) is 84.9 Å². The fraction of sp³-hybridized carbons (Fsp3) is 0.571. The molecule has 1 aliphatic rings. The zero-order valence-electron chi connectivity index (χ0n) is 17.1. The number of amides is 2. The molecule has 7 nitrogen and oxygen atoms in total. The van der Waals surface area contributed by atoms with Crippen molar-refractivity contribution in [1.29, 1.82) is 0 Å². The van der Waals surface area contributed by atoms with Crippen molar-refractivity contribution in [2.24, 2.45) is 0 Å². The summed E-state index contributed by atoms with van der Waals surface area (Å²) in [4.78, 5) is 39.1. The van der Waals surface area contributed by atoms with Gasteiger partial charge in [-0.15, -0.1) is 11.8 Å². The number of rotatable bonds is 10. The highest BCUT2D eigenvalue weighted by Crippen LogP contribution is 2.26. The van der Waals surface area contributed by atoms with Crippen LogP contribution >= 0.6 is 11.8 Å². The van der Waals surface area contributed by atoms with E-state index in [1.807, 2.05) is 18.0 Å². The smallest absolute Gasteiger partial charge is 0.339 e. The van der Waals surface area contributed by atoms with Gasteiger partial charge in [0.15, 0.2) is 6.61 Å². The summed E-state index contributed by atoms with van der Waals surface area (Å²) < 4.78 is 9.96. The summed E-state index contributed by atoms with van der Waals surface area (Å²) in [5.74, 6) is -0.648.